The topological polar surface area (TPSA) is 85.8 Å². The second-order valence-electron chi connectivity index (χ2n) is 7.85. The molecule has 1 saturated heterocycles. The van der Waals surface area contributed by atoms with Gasteiger partial charge in [-0.05, 0) is 49.2 Å². The Morgan fingerprint density at radius 1 is 1.21 bits per heavy atom. The highest BCUT2D eigenvalue weighted by atomic mass is 35.5. The van der Waals surface area contributed by atoms with Crippen molar-refractivity contribution in [3.05, 3.63) is 52.7 Å². The van der Waals surface area contributed by atoms with Crippen LogP contribution in [-0.2, 0) is 16.1 Å². The molecule has 33 heavy (non-hydrogen) atoms. The van der Waals surface area contributed by atoms with Gasteiger partial charge in [0, 0.05) is 36.5 Å². The number of hydrogen-bond acceptors (Lipinski definition) is 8. The SMILES string of the molecule is CCOC1CCN(c2nc(NCc3ccc4c(c3)OCO4)c3cc(Cl)ccc3n2)C(=C=O)C1. The van der Waals surface area contributed by atoms with Crippen LogP contribution < -0.4 is 19.7 Å². The van der Waals surface area contributed by atoms with Gasteiger partial charge in [0.25, 0.3) is 0 Å². The van der Waals surface area contributed by atoms with Crippen molar-refractivity contribution in [2.24, 2.45) is 0 Å². The van der Waals surface area contributed by atoms with Crippen LogP contribution in [0.1, 0.15) is 25.3 Å². The smallest absolute Gasteiger partial charge is 0.232 e. The molecule has 1 atom stereocenters. The molecule has 5 rings (SSSR count). The summed E-state index contributed by atoms with van der Waals surface area (Å²) in [5, 5.41) is 4.79. The second kappa shape index (κ2) is 9.27. The zero-order valence-corrected chi connectivity index (χ0v) is 18.9. The predicted octanol–water partition coefficient (Wildman–Crippen LogP) is 4.34. The number of rotatable bonds is 6. The first-order valence-electron chi connectivity index (χ1n) is 10.9. The number of ether oxygens (including phenoxy) is 3. The molecule has 1 N–H and O–H groups in total. The highest BCUT2D eigenvalue weighted by Crippen LogP contribution is 2.34. The molecule has 0 bridgehead atoms. The summed E-state index contributed by atoms with van der Waals surface area (Å²) < 4.78 is 16.6. The van der Waals surface area contributed by atoms with E-state index in [0.29, 0.717) is 48.6 Å². The minimum Gasteiger partial charge on any atom is -0.454 e. The Morgan fingerprint density at radius 2 is 2.09 bits per heavy atom. The molecule has 9 heteroatoms. The molecular weight excluding hydrogens is 444 g/mol. The predicted molar refractivity (Wildman–Crippen MR) is 126 cm³/mol. The summed E-state index contributed by atoms with van der Waals surface area (Å²) in [4.78, 5) is 23.0. The van der Waals surface area contributed by atoms with Crippen LogP contribution in [0.4, 0.5) is 11.8 Å². The molecule has 0 spiro atoms. The Bertz CT molecular complexity index is 1240. The Hall–Kier alpha value is -3.32. The average molecular weight is 467 g/mol. The van der Waals surface area contributed by atoms with Crippen molar-refractivity contribution in [3.8, 4) is 11.5 Å². The summed E-state index contributed by atoms with van der Waals surface area (Å²) in [6, 6.07) is 11.3. The van der Waals surface area contributed by atoms with Crippen LogP contribution in [0.5, 0.6) is 11.5 Å². The number of carbonyl (C=O) groups excluding carboxylic acids is 1. The summed E-state index contributed by atoms with van der Waals surface area (Å²) in [6.45, 7) is 3.88. The fourth-order valence-electron chi connectivity index (χ4n) is 4.11. The number of fused-ring (bicyclic) bond motifs is 2. The molecule has 1 aromatic heterocycles. The van der Waals surface area contributed by atoms with Crippen LogP contribution >= 0.6 is 11.6 Å². The first-order chi connectivity index (χ1) is 16.1. The Morgan fingerprint density at radius 3 is 2.94 bits per heavy atom. The zero-order chi connectivity index (χ0) is 22.8. The van der Waals surface area contributed by atoms with E-state index in [1.165, 1.54) is 0 Å². The highest BCUT2D eigenvalue weighted by Gasteiger charge is 2.27. The van der Waals surface area contributed by atoms with Crippen molar-refractivity contribution >= 4 is 40.2 Å². The molecule has 2 aromatic carbocycles. The molecule has 3 heterocycles. The maximum atomic E-state index is 11.7. The van der Waals surface area contributed by atoms with Crippen LogP contribution in [0.15, 0.2) is 42.1 Å². The van der Waals surface area contributed by atoms with Crippen LogP contribution in [0.3, 0.4) is 0 Å². The van der Waals surface area contributed by atoms with Gasteiger partial charge in [-0.2, -0.15) is 4.98 Å². The summed E-state index contributed by atoms with van der Waals surface area (Å²) >= 11 is 6.26. The first kappa shape index (κ1) is 21.5. The quantitative estimate of drug-likeness (QED) is 0.537. The summed E-state index contributed by atoms with van der Waals surface area (Å²) in [6.07, 6.45) is 1.27. The summed E-state index contributed by atoms with van der Waals surface area (Å²) in [5.74, 6) is 4.61. The van der Waals surface area contributed by atoms with Gasteiger partial charge < -0.3 is 24.4 Å². The third kappa shape index (κ3) is 4.46. The van der Waals surface area contributed by atoms with Gasteiger partial charge in [-0.1, -0.05) is 17.7 Å². The van der Waals surface area contributed by atoms with E-state index in [1.54, 1.807) is 6.07 Å². The van der Waals surface area contributed by atoms with Crippen LogP contribution in [0.2, 0.25) is 5.02 Å². The van der Waals surface area contributed by atoms with Gasteiger partial charge in [0.2, 0.25) is 12.7 Å². The maximum absolute atomic E-state index is 11.7. The number of aromatic nitrogens is 2. The number of nitrogens with one attached hydrogen (secondary N) is 1. The van der Waals surface area contributed by atoms with E-state index >= 15 is 0 Å². The lowest BCUT2D eigenvalue weighted by Gasteiger charge is -2.32. The second-order valence-corrected chi connectivity index (χ2v) is 8.28. The van der Waals surface area contributed by atoms with Gasteiger partial charge in [0.15, 0.2) is 11.5 Å². The van der Waals surface area contributed by atoms with E-state index < -0.39 is 0 Å². The third-order valence-electron chi connectivity index (χ3n) is 5.73. The van der Waals surface area contributed by atoms with E-state index in [4.69, 9.17) is 35.8 Å². The molecule has 0 amide bonds. The first-order valence-corrected chi connectivity index (χ1v) is 11.2. The molecule has 0 radical (unpaired) electrons. The van der Waals surface area contributed by atoms with Gasteiger partial charge >= 0.3 is 0 Å². The number of anilines is 2. The molecule has 2 aliphatic rings. The van der Waals surface area contributed by atoms with Crippen LogP contribution in [-0.4, -0.2) is 42.0 Å². The van der Waals surface area contributed by atoms with E-state index in [0.717, 1.165) is 34.4 Å². The minimum atomic E-state index is 0.00515. The van der Waals surface area contributed by atoms with E-state index in [9.17, 15) is 4.79 Å². The summed E-state index contributed by atoms with van der Waals surface area (Å²) in [7, 11) is 0. The average Bonchev–Trinajstić information content (AvgIpc) is 3.30. The molecule has 0 saturated carbocycles. The van der Waals surface area contributed by atoms with Gasteiger partial charge in [0.05, 0.1) is 11.6 Å². The molecule has 8 nitrogen and oxygen atoms in total. The molecule has 1 fully saturated rings. The monoisotopic (exact) mass is 466 g/mol. The van der Waals surface area contributed by atoms with E-state index in [1.807, 2.05) is 42.2 Å². The Labute approximate surface area is 196 Å². The lowest BCUT2D eigenvalue weighted by Crippen LogP contribution is -2.36. The van der Waals surface area contributed by atoms with E-state index in [-0.39, 0.29) is 12.9 Å². The van der Waals surface area contributed by atoms with Gasteiger partial charge in [-0.25, -0.2) is 9.78 Å². The third-order valence-corrected chi connectivity index (χ3v) is 5.96. The van der Waals surface area contributed by atoms with E-state index in [2.05, 4.69) is 11.3 Å². The van der Waals surface area contributed by atoms with Gasteiger partial charge in [0.1, 0.15) is 17.5 Å². The Kier molecular flexibility index (Phi) is 6.05. The zero-order valence-electron chi connectivity index (χ0n) is 18.1. The van der Waals surface area contributed by atoms with Crippen molar-refractivity contribution in [1.82, 2.24) is 9.97 Å². The molecular formula is C24H23ClN4O4. The number of hydrogen-bond donors (Lipinski definition) is 1. The number of piperidine rings is 1. The molecule has 2 aliphatic heterocycles. The van der Waals surface area contributed by atoms with Crippen molar-refractivity contribution < 1.29 is 19.0 Å². The fourth-order valence-corrected chi connectivity index (χ4v) is 4.28. The van der Waals surface area contributed by atoms with Crippen molar-refractivity contribution in [2.45, 2.75) is 32.4 Å². The minimum absolute atomic E-state index is 0.00515. The maximum Gasteiger partial charge on any atom is 0.232 e. The van der Waals surface area contributed by atoms with Crippen LogP contribution in [0, 0.1) is 0 Å². The number of benzene rings is 2. The van der Waals surface area contributed by atoms with Gasteiger partial charge in [-0.15, -0.1) is 0 Å². The molecule has 1 unspecified atom stereocenters. The van der Waals surface area contributed by atoms with Crippen LogP contribution in [0.25, 0.3) is 10.9 Å². The fraction of sp³-hybridized carbons (Fsp3) is 0.333. The van der Waals surface area contributed by atoms with Gasteiger partial charge in [-0.3, -0.25) is 0 Å². The van der Waals surface area contributed by atoms with Crippen molar-refractivity contribution in [2.75, 3.05) is 30.2 Å². The lowest BCUT2D eigenvalue weighted by molar-refractivity contribution is 0.0527. The number of nitrogens with zero attached hydrogens (tertiary/aromatic N) is 3. The standard InChI is InChI=1S/C24H23ClN4O4/c1-2-31-18-7-8-29(17(11-18)13-30)24-27-20-5-4-16(25)10-19(20)23(28-24)26-12-15-3-6-21-22(9-15)33-14-32-21/h3-6,9-10,18H,2,7-8,11-12,14H2,1H3,(H,26,27,28). The number of halogens is 1. The molecule has 170 valence electrons. The lowest BCUT2D eigenvalue weighted by atomic mass is 10.1. The largest absolute Gasteiger partial charge is 0.454 e. The summed E-state index contributed by atoms with van der Waals surface area (Å²) in [5.41, 5.74) is 2.24. The van der Waals surface area contributed by atoms with Crippen molar-refractivity contribution in [1.29, 1.82) is 0 Å². The molecule has 3 aromatic rings. The van der Waals surface area contributed by atoms with Crippen molar-refractivity contribution in [3.63, 3.8) is 0 Å². The molecule has 0 aliphatic carbocycles. The Balaban J connectivity index is 1.46. The highest BCUT2D eigenvalue weighted by molar-refractivity contribution is 6.31. The normalized spacial score (nSPS) is 17.3.